The van der Waals surface area contributed by atoms with Gasteiger partial charge in [-0.1, -0.05) is 59.6 Å². The molecule has 0 aliphatic rings. The molecule has 0 heterocycles. The maximum absolute atomic E-state index is 2.30. The van der Waals surface area contributed by atoms with E-state index in [4.69, 9.17) is 0 Å². The molecule has 0 bridgehead atoms. The summed E-state index contributed by atoms with van der Waals surface area (Å²) in [6.07, 6.45) is 3.70. The Morgan fingerprint density at radius 1 is 0.846 bits per heavy atom. The molecule has 0 atom stereocenters. The van der Waals surface area contributed by atoms with Crippen LogP contribution in [0.5, 0.6) is 0 Å². The van der Waals surface area contributed by atoms with Gasteiger partial charge in [0.25, 0.3) is 0 Å². The highest BCUT2D eigenvalue weighted by atomic mass is 14.1. The van der Waals surface area contributed by atoms with Crippen LogP contribution in [0.1, 0.15) is 67.7 Å². The molecule has 0 nitrogen and oxygen atoms in total. The molecular weight excluding hydrogens is 156 g/mol. The molecule has 0 aliphatic heterocycles. The van der Waals surface area contributed by atoms with E-state index in [1.54, 1.807) is 11.1 Å². The van der Waals surface area contributed by atoms with E-state index in [-0.39, 0.29) is 0 Å². The first kappa shape index (κ1) is 15.2. The SMILES string of the molecule is CC.CCC(CC)=C(CC)C(C)C. The minimum Gasteiger partial charge on any atom is -0.0713 e. The lowest BCUT2D eigenvalue weighted by atomic mass is 9.92. The third-order valence-corrected chi connectivity index (χ3v) is 2.39. The largest absolute Gasteiger partial charge is 0.0713 e. The van der Waals surface area contributed by atoms with E-state index in [1.807, 2.05) is 13.8 Å². The van der Waals surface area contributed by atoms with Crippen LogP contribution in [0.2, 0.25) is 0 Å². The summed E-state index contributed by atoms with van der Waals surface area (Å²) in [5.41, 5.74) is 3.34. The quantitative estimate of drug-likeness (QED) is 0.527. The average Bonchev–Trinajstić information content (AvgIpc) is 2.16. The van der Waals surface area contributed by atoms with E-state index in [1.165, 1.54) is 19.3 Å². The maximum atomic E-state index is 2.30. The van der Waals surface area contributed by atoms with Gasteiger partial charge in [0, 0.05) is 0 Å². The Bertz CT molecular complexity index is 123. The second-order valence-corrected chi connectivity index (χ2v) is 3.34. The summed E-state index contributed by atoms with van der Waals surface area (Å²) in [5, 5.41) is 0. The Kier molecular flexibility index (Phi) is 11.5. The fraction of sp³-hybridized carbons (Fsp3) is 0.846. The molecule has 0 aliphatic carbocycles. The van der Waals surface area contributed by atoms with E-state index in [0.717, 1.165) is 5.92 Å². The normalized spacial score (nSPS) is 9.23. The van der Waals surface area contributed by atoms with Crippen LogP contribution < -0.4 is 0 Å². The van der Waals surface area contributed by atoms with Crippen LogP contribution in [0.3, 0.4) is 0 Å². The summed E-state index contributed by atoms with van der Waals surface area (Å²) in [6, 6.07) is 0. The van der Waals surface area contributed by atoms with Gasteiger partial charge < -0.3 is 0 Å². The van der Waals surface area contributed by atoms with Crippen LogP contribution >= 0.6 is 0 Å². The molecule has 0 saturated carbocycles. The van der Waals surface area contributed by atoms with Crippen LogP contribution in [-0.4, -0.2) is 0 Å². The van der Waals surface area contributed by atoms with Gasteiger partial charge in [-0.15, -0.1) is 0 Å². The zero-order valence-corrected chi connectivity index (χ0v) is 10.7. The van der Waals surface area contributed by atoms with Gasteiger partial charge >= 0.3 is 0 Å². The van der Waals surface area contributed by atoms with Gasteiger partial charge in [-0.3, -0.25) is 0 Å². The van der Waals surface area contributed by atoms with Crippen molar-refractivity contribution in [2.75, 3.05) is 0 Å². The van der Waals surface area contributed by atoms with Crippen molar-refractivity contribution in [3.63, 3.8) is 0 Å². The number of hydrogen-bond donors (Lipinski definition) is 0. The van der Waals surface area contributed by atoms with Crippen molar-refractivity contribution in [3.8, 4) is 0 Å². The van der Waals surface area contributed by atoms with E-state index in [0.29, 0.717) is 0 Å². The maximum Gasteiger partial charge on any atom is -0.0258 e. The second-order valence-electron chi connectivity index (χ2n) is 3.34. The van der Waals surface area contributed by atoms with Crippen LogP contribution in [-0.2, 0) is 0 Å². The summed E-state index contributed by atoms with van der Waals surface area (Å²) < 4.78 is 0. The second kappa shape index (κ2) is 9.83. The van der Waals surface area contributed by atoms with E-state index < -0.39 is 0 Å². The van der Waals surface area contributed by atoms with Crippen molar-refractivity contribution in [1.29, 1.82) is 0 Å². The standard InChI is InChI=1S/C11H22.C2H6/c1-6-10(7-2)11(8-3)9(4)5;1-2/h9H,6-8H2,1-5H3;1-2H3. The predicted molar refractivity (Wildman–Crippen MR) is 64.1 cm³/mol. The Balaban J connectivity index is 0. The monoisotopic (exact) mass is 184 g/mol. The van der Waals surface area contributed by atoms with Crippen LogP contribution in [0.15, 0.2) is 11.1 Å². The number of hydrogen-bond acceptors (Lipinski definition) is 0. The first-order chi connectivity index (χ1) is 6.17. The van der Waals surface area contributed by atoms with Crippen LogP contribution in [0.4, 0.5) is 0 Å². The van der Waals surface area contributed by atoms with Crippen molar-refractivity contribution >= 4 is 0 Å². The molecule has 0 heteroatoms. The topological polar surface area (TPSA) is 0 Å². The van der Waals surface area contributed by atoms with E-state index in [2.05, 4.69) is 34.6 Å². The lowest BCUT2D eigenvalue weighted by molar-refractivity contribution is 0.700. The molecule has 0 radical (unpaired) electrons. The average molecular weight is 184 g/mol. The lowest BCUT2D eigenvalue weighted by Crippen LogP contribution is -1.97. The van der Waals surface area contributed by atoms with E-state index >= 15 is 0 Å². The molecule has 0 saturated heterocycles. The minimum atomic E-state index is 0.745. The predicted octanol–water partition coefficient (Wildman–Crippen LogP) is 5.20. The highest BCUT2D eigenvalue weighted by molar-refractivity contribution is 5.15. The van der Waals surface area contributed by atoms with Crippen LogP contribution in [0.25, 0.3) is 0 Å². The molecule has 0 rings (SSSR count). The Hall–Kier alpha value is -0.260. The molecule has 0 aromatic carbocycles. The van der Waals surface area contributed by atoms with Gasteiger partial charge in [0.05, 0.1) is 0 Å². The minimum absolute atomic E-state index is 0.745. The highest BCUT2D eigenvalue weighted by Crippen LogP contribution is 2.22. The summed E-state index contributed by atoms with van der Waals surface area (Å²) in [4.78, 5) is 0. The molecule has 0 aromatic heterocycles. The van der Waals surface area contributed by atoms with Crippen molar-refractivity contribution < 1.29 is 0 Å². The molecule has 0 amide bonds. The van der Waals surface area contributed by atoms with Gasteiger partial charge in [-0.25, -0.2) is 0 Å². The van der Waals surface area contributed by atoms with Crippen molar-refractivity contribution in [2.45, 2.75) is 67.7 Å². The third kappa shape index (κ3) is 5.90. The molecular formula is C13H28. The molecule has 0 N–H and O–H groups in total. The fourth-order valence-electron chi connectivity index (χ4n) is 1.77. The van der Waals surface area contributed by atoms with E-state index in [9.17, 15) is 0 Å². The van der Waals surface area contributed by atoms with Gasteiger partial charge in [-0.05, 0) is 25.2 Å². The number of rotatable bonds is 4. The van der Waals surface area contributed by atoms with Gasteiger partial charge in [0.2, 0.25) is 0 Å². The van der Waals surface area contributed by atoms with Crippen molar-refractivity contribution in [1.82, 2.24) is 0 Å². The zero-order valence-electron chi connectivity index (χ0n) is 10.7. The van der Waals surface area contributed by atoms with Gasteiger partial charge in [-0.2, -0.15) is 0 Å². The van der Waals surface area contributed by atoms with Crippen molar-refractivity contribution in [3.05, 3.63) is 11.1 Å². The summed E-state index contributed by atoms with van der Waals surface area (Å²) in [5.74, 6) is 0.745. The first-order valence-corrected chi connectivity index (χ1v) is 5.88. The zero-order chi connectivity index (χ0) is 10.9. The summed E-state index contributed by atoms with van der Waals surface area (Å²) in [6.45, 7) is 15.4. The highest BCUT2D eigenvalue weighted by Gasteiger charge is 2.05. The van der Waals surface area contributed by atoms with Gasteiger partial charge in [0.1, 0.15) is 0 Å². The van der Waals surface area contributed by atoms with Crippen molar-refractivity contribution in [2.24, 2.45) is 5.92 Å². The molecule has 0 spiro atoms. The third-order valence-electron chi connectivity index (χ3n) is 2.39. The smallest absolute Gasteiger partial charge is 0.0258 e. The fourth-order valence-corrected chi connectivity index (χ4v) is 1.77. The Morgan fingerprint density at radius 3 is 1.31 bits per heavy atom. The molecule has 80 valence electrons. The van der Waals surface area contributed by atoms with Crippen LogP contribution in [0, 0.1) is 5.92 Å². The molecule has 0 aromatic rings. The summed E-state index contributed by atoms with van der Waals surface area (Å²) >= 11 is 0. The molecule has 0 unspecified atom stereocenters. The lowest BCUT2D eigenvalue weighted by Gasteiger charge is -2.14. The molecule has 0 fully saturated rings. The molecule has 13 heavy (non-hydrogen) atoms. The van der Waals surface area contributed by atoms with Gasteiger partial charge in [0.15, 0.2) is 0 Å². The Labute approximate surface area is 85.4 Å². The summed E-state index contributed by atoms with van der Waals surface area (Å²) in [7, 11) is 0. The first-order valence-electron chi connectivity index (χ1n) is 5.88. The Morgan fingerprint density at radius 2 is 1.23 bits per heavy atom. The number of allylic oxidation sites excluding steroid dienone is 2.